The maximum absolute atomic E-state index is 9.35. The van der Waals surface area contributed by atoms with Crippen LogP contribution in [0.2, 0.25) is 0 Å². The van der Waals surface area contributed by atoms with Crippen molar-refractivity contribution in [3.05, 3.63) is 42.0 Å². The smallest absolute Gasteiger partial charge is 0.124 e. The Morgan fingerprint density at radius 1 is 1.14 bits per heavy atom. The van der Waals surface area contributed by atoms with Crippen LogP contribution < -0.4 is 10.1 Å². The highest BCUT2D eigenvalue weighted by atomic mass is 16.5. The summed E-state index contributed by atoms with van der Waals surface area (Å²) in [6.45, 7) is 3.96. The molecule has 2 aromatic carbocycles. The van der Waals surface area contributed by atoms with E-state index in [1.165, 1.54) is 10.8 Å². The second kappa shape index (κ2) is 8.73. The number of ether oxygens (including phenoxy) is 2. The lowest BCUT2D eigenvalue weighted by atomic mass is 10.0. The van der Waals surface area contributed by atoms with Crippen molar-refractivity contribution >= 4 is 10.8 Å². The van der Waals surface area contributed by atoms with Gasteiger partial charge >= 0.3 is 0 Å². The molecule has 0 fully saturated rings. The van der Waals surface area contributed by atoms with Crippen molar-refractivity contribution in [3.8, 4) is 5.75 Å². The molecule has 0 aliphatic carbocycles. The Kier molecular flexibility index (Phi) is 6.65. The molecule has 0 heterocycles. The van der Waals surface area contributed by atoms with E-state index >= 15 is 0 Å². The van der Waals surface area contributed by atoms with E-state index in [0.717, 1.165) is 17.7 Å². The molecule has 2 N–H and O–H groups in total. The van der Waals surface area contributed by atoms with Crippen LogP contribution in [0, 0.1) is 0 Å². The predicted molar refractivity (Wildman–Crippen MR) is 89.3 cm³/mol. The molecule has 0 saturated heterocycles. The fraction of sp³-hybridized carbons (Fsp3) is 0.444. The average molecular weight is 303 g/mol. The third-order valence-corrected chi connectivity index (χ3v) is 3.82. The lowest BCUT2D eigenvalue weighted by Gasteiger charge is -2.18. The SMILES string of the molecule is CCC(CO)NCc1c(OCCOC)ccc2ccccc12. The van der Waals surface area contributed by atoms with E-state index in [4.69, 9.17) is 9.47 Å². The maximum Gasteiger partial charge on any atom is 0.124 e. The van der Waals surface area contributed by atoms with Crippen LogP contribution >= 0.6 is 0 Å². The summed E-state index contributed by atoms with van der Waals surface area (Å²) in [7, 11) is 1.67. The topological polar surface area (TPSA) is 50.7 Å². The molecule has 0 aliphatic rings. The quantitative estimate of drug-likeness (QED) is 0.699. The van der Waals surface area contributed by atoms with Gasteiger partial charge in [0, 0.05) is 25.3 Å². The molecule has 1 atom stereocenters. The molecular formula is C18H25NO3. The first-order chi connectivity index (χ1) is 10.8. The summed E-state index contributed by atoms with van der Waals surface area (Å²) in [4.78, 5) is 0. The first kappa shape index (κ1) is 16.7. The van der Waals surface area contributed by atoms with Crippen molar-refractivity contribution < 1.29 is 14.6 Å². The number of fused-ring (bicyclic) bond motifs is 1. The molecule has 4 nitrogen and oxygen atoms in total. The van der Waals surface area contributed by atoms with Gasteiger partial charge in [-0.3, -0.25) is 0 Å². The Bertz CT molecular complexity index is 582. The van der Waals surface area contributed by atoms with Gasteiger partial charge in [-0.25, -0.2) is 0 Å². The van der Waals surface area contributed by atoms with Gasteiger partial charge in [0.05, 0.1) is 13.2 Å². The number of hydrogen-bond acceptors (Lipinski definition) is 4. The molecule has 0 spiro atoms. The van der Waals surface area contributed by atoms with Crippen molar-refractivity contribution in [2.45, 2.75) is 25.9 Å². The minimum absolute atomic E-state index is 0.103. The first-order valence-corrected chi connectivity index (χ1v) is 7.76. The highest BCUT2D eigenvalue weighted by Gasteiger charge is 2.11. The Hall–Kier alpha value is -1.62. The van der Waals surface area contributed by atoms with Gasteiger partial charge in [-0.1, -0.05) is 37.3 Å². The van der Waals surface area contributed by atoms with Crippen molar-refractivity contribution in [1.82, 2.24) is 5.32 Å². The Morgan fingerprint density at radius 2 is 1.95 bits per heavy atom. The van der Waals surface area contributed by atoms with Crippen LogP contribution in [-0.4, -0.2) is 38.1 Å². The largest absolute Gasteiger partial charge is 0.491 e. The van der Waals surface area contributed by atoms with Gasteiger partial charge in [-0.05, 0) is 23.3 Å². The summed E-state index contributed by atoms with van der Waals surface area (Å²) in [5.41, 5.74) is 1.13. The molecule has 2 rings (SSSR count). The zero-order valence-electron chi connectivity index (χ0n) is 13.3. The second-order valence-corrected chi connectivity index (χ2v) is 5.27. The van der Waals surface area contributed by atoms with Crippen molar-refractivity contribution in [2.75, 3.05) is 26.9 Å². The second-order valence-electron chi connectivity index (χ2n) is 5.27. The fourth-order valence-electron chi connectivity index (χ4n) is 2.45. The molecule has 120 valence electrons. The molecule has 0 saturated carbocycles. The molecule has 0 amide bonds. The number of nitrogens with one attached hydrogen (secondary N) is 1. The van der Waals surface area contributed by atoms with E-state index in [1.54, 1.807) is 7.11 Å². The van der Waals surface area contributed by atoms with Gasteiger partial charge in [0.2, 0.25) is 0 Å². The normalized spacial score (nSPS) is 12.5. The minimum Gasteiger partial charge on any atom is -0.491 e. The van der Waals surface area contributed by atoms with E-state index in [1.807, 2.05) is 18.2 Å². The zero-order chi connectivity index (χ0) is 15.8. The molecule has 0 aromatic heterocycles. The summed E-state index contributed by atoms with van der Waals surface area (Å²) < 4.78 is 10.9. The van der Waals surface area contributed by atoms with Crippen LogP contribution in [0.1, 0.15) is 18.9 Å². The molecule has 1 unspecified atom stereocenters. The maximum atomic E-state index is 9.35. The highest BCUT2D eigenvalue weighted by molar-refractivity contribution is 5.87. The van der Waals surface area contributed by atoms with Crippen molar-refractivity contribution in [1.29, 1.82) is 0 Å². The van der Waals surface area contributed by atoms with Gasteiger partial charge in [0.1, 0.15) is 12.4 Å². The van der Waals surface area contributed by atoms with Crippen LogP contribution in [0.4, 0.5) is 0 Å². The third-order valence-electron chi connectivity index (χ3n) is 3.82. The minimum atomic E-state index is 0.103. The molecule has 0 aliphatic heterocycles. The van der Waals surface area contributed by atoms with Gasteiger partial charge in [-0.2, -0.15) is 0 Å². The summed E-state index contributed by atoms with van der Waals surface area (Å²) in [5, 5.41) is 15.1. The third kappa shape index (κ3) is 4.19. The first-order valence-electron chi connectivity index (χ1n) is 7.76. The van der Waals surface area contributed by atoms with Gasteiger partial charge < -0.3 is 19.9 Å². The molecule has 2 aromatic rings. The number of methoxy groups -OCH3 is 1. The standard InChI is InChI=1S/C18H25NO3/c1-3-15(13-20)19-12-17-16-7-5-4-6-14(16)8-9-18(17)22-11-10-21-2/h4-9,15,19-20H,3,10-13H2,1-2H3. The molecule has 0 radical (unpaired) electrons. The number of rotatable bonds is 9. The summed E-state index contributed by atoms with van der Waals surface area (Å²) in [5.74, 6) is 0.871. The van der Waals surface area contributed by atoms with Crippen molar-refractivity contribution in [3.63, 3.8) is 0 Å². The van der Waals surface area contributed by atoms with E-state index in [0.29, 0.717) is 19.8 Å². The van der Waals surface area contributed by atoms with Crippen LogP contribution in [0.3, 0.4) is 0 Å². The fourth-order valence-corrected chi connectivity index (χ4v) is 2.45. The van der Waals surface area contributed by atoms with Crippen LogP contribution in [-0.2, 0) is 11.3 Å². The summed E-state index contributed by atoms with van der Waals surface area (Å²) in [6.07, 6.45) is 0.890. The predicted octanol–water partition coefficient (Wildman–Crippen LogP) is 2.73. The Labute approximate surface area is 132 Å². The van der Waals surface area contributed by atoms with E-state index in [9.17, 15) is 5.11 Å². The van der Waals surface area contributed by atoms with Gasteiger partial charge in [0.15, 0.2) is 0 Å². The van der Waals surface area contributed by atoms with Gasteiger partial charge in [-0.15, -0.1) is 0 Å². The number of aliphatic hydroxyl groups is 1. The monoisotopic (exact) mass is 303 g/mol. The zero-order valence-corrected chi connectivity index (χ0v) is 13.3. The summed E-state index contributed by atoms with van der Waals surface area (Å²) >= 11 is 0. The Morgan fingerprint density at radius 3 is 2.68 bits per heavy atom. The van der Waals surface area contributed by atoms with E-state index in [2.05, 4.69) is 30.4 Å². The number of hydrogen-bond donors (Lipinski definition) is 2. The highest BCUT2D eigenvalue weighted by Crippen LogP contribution is 2.28. The molecule has 22 heavy (non-hydrogen) atoms. The number of benzene rings is 2. The Balaban J connectivity index is 2.26. The van der Waals surface area contributed by atoms with Gasteiger partial charge in [0.25, 0.3) is 0 Å². The van der Waals surface area contributed by atoms with Crippen LogP contribution in [0.15, 0.2) is 36.4 Å². The van der Waals surface area contributed by atoms with Crippen molar-refractivity contribution in [2.24, 2.45) is 0 Å². The number of aliphatic hydroxyl groups excluding tert-OH is 1. The van der Waals surface area contributed by atoms with E-state index in [-0.39, 0.29) is 12.6 Å². The molecular weight excluding hydrogens is 278 g/mol. The van der Waals surface area contributed by atoms with Crippen LogP contribution in [0.5, 0.6) is 5.75 Å². The molecule has 4 heteroatoms. The van der Waals surface area contributed by atoms with Crippen LogP contribution in [0.25, 0.3) is 10.8 Å². The average Bonchev–Trinajstić information content (AvgIpc) is 2.57. The molecule has 0 bridgehead atoms. The lowest BCUT2D eigenvalue weighted by Crippen LogP contribution is -2.31. The lowest BCUT2D eigenvalue weighted by molar-refractivity contribution is 0.145. The van der Waals surface area contributed by atoms with E-state index < -0.39 is 0 Å². The summed E-state index contributed by atoms with van der Waals surface area (Å²) in [6, 6.07) is 12.5.